The Balaban J connectivity index is 1.74. The molecule has 0 spiro atoms. The van der Waals surface area contributed by atoms with Crippen molar-refractivity contribution in [2.45, 2.75) is 19.3 Å². The van der Waals surface area contributed by atoms with E-state index in [9.17, 15) is 9.18 Å². The van der Waals surface area contributed by atoms with Gasteiger partial charge in [0.25, 0.3) is 0 Å². The second kappa shape index (κ2) is 8.71. The number of fused-ring (bicyclic) bond motifs is 1. The molecule has 4 nitrogen and oxygen atoms in total. The minimum Gasteiger partial charge on any atom is -0.490 e. The summed E-state index contributed by atoms with van der Waals surface area (Å²) in [5.41, 5.74) is 3.32. The molecular weight excluding hydrogens is 401 g/mol. The van der Waals surface area contributed by atoms with Gasteiger partial charge in [-0.3, -0.25) is 4.79 Å². The maximum atomic E-state index is 13.7. The largest absolute Gasteiger partial charge is 0.490 e. The van der Waals surface area contributed by atoms with E-state index >= 15 is 0 Å². The molecule has 3 aromatic rings. The van der Waals surface area contributed by atoms with E-state index in [4.69, 9.17) is 9.47 Å². The first-order valence-electron chi connectivity index (χ1n) is 9.78. The molecule has 0 unspecified atom stereocenters. The zero-order valence-corrected chi connectivity index (χ0v) is 17.4. The third-order valence-corrected chi connectivity index (χ3v) is 6.05. The molecule has 0 bridgehead atoms. The smallest absolute Gasteiger partial charge is 0.225 e. The van der Waals surface area contributed by atoms with Crippen LogP contribution in [0.4, 0.5) is 10.1 Å². The van der Waals surface area contributed by atoms with Gasteiger partial charge < -0.3 is 14.8 Å². The molecule has 4 rings (SSSR count). The summed E-state index contributed by atoms with van der Waals surface area (Å²) < 4.78 is 25.2. The Hall–Kier alpha value is -3.12. The molecule has 6 heteroatoms. The summed E-state index contributed by atoms with van der Waals surface area (Å²) in [7, 11) is 0. The van der Waals surface area contributed by atoms with Crippen LogP contribution in [0.2, 0.25) is 0 Å². The SMILES string of the molecule is C=CCOc1ccc([C@H]2CC(=O)Nc3c(-c4cccc(F)c4)csc32)cc1OCC. The van der Waals surface area contributed by atoms with Crippen LogP contribution in [0.25, 0.3) is 11.1 Å². The number of thiophene rings is 1. The van der Waals surface area contributed by atoms with E-state index in [1.165, 1.54) is 12.1 Å². The summed E-state index contributed by atoms with van der Waals surface area (Å²) >= 11 is 1.57. The van der Waals surface area contributed by atoms with Crippen LogP contribution in [0.5, 0.6) is 11.5 Å². The van der Waals surface area contributed by atoms with Gasteiger partial charge in [0, 0.05) is 28.2 Å². The molecule has 0 radical (unpaired) electrons. The average Bonchev–Trinajstić information content (AvgIpc) is 3.16. The van der Waals surface area contributed by atoms with Crippen LogP contribution in [0.1, 0.15) is 29.7 Å². The number of hydrogen-bond acceptors (Lipinski definition) is 4. The number of nitrogens with one attached hydrogen (secondary N) is 1. The highest BCUT2D eigenvalue weighted by Gasteiger charge is 2.31. The van der Waals surface area contributed by atoms with Crippen molar-refractivity contribution in [3.8, 4) is 22.6 Å². The first-order chi connectivity index (χ1) is 14.6. The maximum absolute atomic E-state index is 13.7. The lowest BCUT2D eigenvalue weighted by atomic mass is 9.89. The Morgan fingerprint density at radius 3 is 2.87 bits per heavy atom. The van der Waals surface area contributed by atoms with Gasteiger partial charge in [0.1, 0.15) is 12.4 Å². The number of benzene rings is 2. The summed E-state index contributed by atoms with van der Waals surface area (Å²) in [5, 5.41) is 4.96. The van der Waals surface area contributed by atoms with E-state index in [1.807, 2.05) is 36.6 Å². The van der Waals surface area contributed by atoms with Crippen LogP contribution in [-0.2, 0) is 4.79 Å². The van der Waals surface area contributed by atoms with Gasteiger partial charge in [-0.15, -0.1) is 11.3 Å². The van der Waals surface area contributed by atoms with E-state index in [0.717, 1.165) is 27.3 Å². The number of hydrogen-bond donors (Lipinski definition) is 1. The number of ether oxygens (including phenoxy) is 2. The lowest BCUT2D eigenvalue weighted by Crippen LogP contribution is -2.22. The molecule has 1 atom stereocenters. The Kier molecular flexibility index (Phi) is 5.86. The Labute approximate surface area is 179 Å². The van der Waals surface area contributed by atoms with Crippen LogP contribution in [-0.4, -0.2) is 19.1 Å². The normalized spacial score (nSPS) is 15.3. The summed E-state index contributed by atoms with van der Waals surface area (Å²) in [6.45, 7) is 6.49. The molecule has 1 N–H and O–H groups in total. The highest BCUT2D eigenvalue weighted by atomic mass is 32.1. The Morgan fingerprint density at radius 2 is 2.10 bits per heavy atom. The Bertz CT molecular complexity index is 1090. The van der Waals surface area contributed by atoms with E-state index in [1.54, 1.807) is 23.5 Å². The second-order valence-electron chi connectivity index (χ2n) is 6.94. The molecule has 30 heavy (non-hydrogen) atoms. The van der Waals surface area contributed by atoms with Crippen LogP contribution in [0.3, 0.4) is 0 Å². The molecule has 1 aliphatic heterocycles. The number of rotatable bonds is 7. The third-order valence-electron chi connectivity index (χ3n) is 4.95. The zero-order chi connectivity index (χ0) is 21.1. The topological polar surface area (TPSA) is 47.6 Å². The summed E-state index contributed by atoms with van der Waals surface area (Å²) in [5.74, 6) is 0.823. The van der Waals surface area contributed by atoms with E-state index in [0.29, 0.717) is 31.1 Å². The fraction of sp³-hybridized carbons (Fsp3) is 0.208. The summed E-state index contributed by atoms with van der Waals surface area (Å²) in [6, 6.07) is 12.2. The predicted molar refractivity (Wildman–Crippen MR) is 118 cm³/mol. The van der Waals surface area contributed by atoms with Gasteiger partial charge in [-0.05, 0) is 42.3 Å². The molecule has 0 saturated carbocycles. The standard InChI is InChI=1S/C24H22FNO3S/c1-3-10-29-20-9-8-16(12-21(20)28-4-2)18-13-22(27)26-23-19(14-30-24(18)23)15-6-5-7-17(25)11-15/h3,5-9,11-12,14,18H,1,4,10,13H2,2H3,(H,26,27)/t18-/m1/s1. The van der Waals surface area contributed by atoms with Crippen molar-refractivity contribution in [2.75, 3.05) is 18.5 Å². The summed E-state index contributed by atoms with van der Waals surface area (Å²) in [6.07, 6.45) is 2.02. The molecule has 0 saturated heterocycles. The van der Waals surface area contributed by atoms with Crippen molar-refractivity contribution >= 4 is 22.9 Å². The molecule has 0 fully saturated rings. The predicted octanol–water partition coefficient (Wildman–Crippen LogP) is 5.99. The molecule has 154 valence electrons. The zero-order valence-electron chi connectivity index (χ0n) is 16.6. The molecular formula is C24H22FNO3S. The molecule has 2 heterocycles. The fourth-order valence-corrected chi connectivity index (χ4v) is 4.80. The van der Waals surface area contributed by atoms with Crippen molar-refractivity contribution in [1.29, 1.82) is 0 Å². The van der Waals surface area contributed by atoms with Crippen LogP contribution < -0.4 is 14.8 Å². The molecule has 0 aliphatic carbocycles. The summed E-state index contributed by atoms with van der Waals surface area (Å²) in [4.78, 5) is 13.6. The van der Waals surface area contributed by atoms with Crippen molar-refractivity contribution < 1.29 is 18.7 Å². The van der Waals surface area contributed by atoms with Crippen molar-refractivity contribution in [3.05, 3.63) is 76.8 Å². The highest BCUT2D eigenvalue weighted by molar-refractivity contribution is 7.11. The minimum absolute atomic E-state index is 0.0616. The van der Waals surface area contributed by atoms with E-state index in [-0.39, 0.29) is 17.6 Å². The van der Waals surface area contributed by atoms with Gasteiger partial charge in [0.15, 0.2) is 11.5 Å². The van der Waals surface area contributed by atoms with Crippen LogP contribution >= 0.6 is 11.3 Å². The van der Waals surface area contributed by atoms with Crippen molar-refractivity contribution in [2.24, 2.45) is 0 Å². The van der Waals surface area contributed by atoms with Gasteiger partial charge in [-0.2, -0.15) is 0 Å². The first-order valence-corrected chi connectivity index (χ1v) is 10.7. The molecule has 1 amide bonds. The molecule has 1 aromatic heterocycles. The van der Waals surface area contributed by atoms with Gasteiger partial charge in [0.2, 0.25) is 5.91 Å². The van der Waals surface area contributed by atoms with Gasteiger partial charge in [0.05, 0.1) is 12.3 Å². The van der Waals surface area contributed by atoms with E-state index in [2.05, 4.69) is 11.9 Å². The quantitative estimate of drug-likeness (QED) is 0.475. The number of anilines is 1. The molecule has 1 aliphatic rings. The number of carbonyl (C=O) groups excluding carboxylic acids is 1. The number of amides is 1. The maximum Gasteiger partial charge on any atom is 0.225 e. The monoisotopic (exact) mass is 423 g/mol. The lowest BCUT2D eigenvalue weighted by molar-refractivity contribution is -0.116. The van der Waals surface area contributed by atoms with Gasteiger partial charge >= 0.3 is 0 Å². The van der Waals surface area contributed by atoms with Crippen LogP contribution in [0, 0.1) is 5.82 Å². The Morgan fingerprint density at radius 1 is 1.23 bits per heavy atom. The van der Waals surface area contributed by atoms with Gasteiger partial charge in [-0.1, -0.05) is 30.9 Å². The highest BCUT2D eigenvalue weighted by Crippen LogP contribution is 2.47. The lowest BCUT2D eigenvalue weighted by Gasteiger charge is -2.25. The van der Waals surface area contributed by atoms with E-state index < -0.39 is 0 Å². The van der Waals surface area contributed by atoms with Gasteiger partial charge in [-0.25, -0.2) is 4.39 Å². The van der Waals surface area contributed by atoms with Crippen molar-refractivity contribution in [1.82, 2.24) is 0 Å². The molecule has 2 aromatic carbocycles. The minimum atomic E-state index is -0.303. The number of carbonyl (C=O) groups is 1. The fourth-order valence-electron chi connectivity index (χ4n) is 3.64. The van der Waals surface area contributed by atoms with Crippen molar-refractivity contribution in [3.63, 3.8) is 0 Å². The number of halogens is 1. The third kappa shape index (κ3) is 3.96. The van der Waals surface area contributed by atoms with Crippen LogP contribution in [0.15, 0.2) is 60.5 Å². The second-order valence-corrected chi connectivity index (χ2v) is 7.85. The first kappa shape index (κ1) is 20.2. The average molecular weight is 424 g/mol.